The topological polar surface area (TPSA) is 0 Å². The maximum atomic E-state index is 2.27. The molecule has 0 saturated heterocycles. The fraction of sp³-hybridized carbons (Fsp3) is 0. The van der Waals surface area contributed by atoms with Gasteiger partial charge in [0.1, 0.15) is 0 Å². The van der Waals surface area contributed by atoms with Crippen LogP contribution in [0, 0.1) is 0 Å². The van der Waals surface area contributed by atoms with Gasteiger partial charge < -0.3 is 0 Å². The van der Waals surface area contributed by atoms with E-state index in [1.54, 1.807) is 0 Å². The summed E-state index contributed by atoms with van der Waals surface area (Å²) in [4.78, 5) is 0. The minimum atomic E-state index is 1.35. The van der Waals surface area contributed by atoms with Gasteiger partial charge in [-0.25, -0.2) is 0 Å². The van der Waals surface area contributed by atoms with Gasteiger partial charge in [-0.3, -0.25) is 0 Å². The summed E-state index contributed by atoms with van der Waals surface area (Å²) >= 11 is 0. The van der Waals surface area contributed by atoms with Gasteiger partial charge in [-0.2, -0.15) is 0 Å². The SMILES string of the molecule is c1cc2ccc3ccc4ccc5ccc6ccc1c1c2c3c4c5c61.c1ccccc1. The van der Waals surface area contributed by atoms with Crippen molar-refractivity contribution in [3.05, 3.63) is 109 Å². The monoisotopic (exact) mass is 378 g/mol. The molecule has 0 spiro atoms. The molecule has 138 valence electrons. The minimum absolute atomic E-state index is 1.35. The highest BCUT2D eigenvalue weighted by Crippen LogP contribution is 2.47. The summed E-state index contributed by atoms with van der Waals surface area (Å²) in [5, 5.41) is 16.7. The first-order chi connectivity index (χ1) is 14.9. The zero-order chi connectivity index (χ0) is 19.7. The molecule has 0 bridgehead atoms. The predicted octanol–water partition coefficient (Wildman–Crippen LogP) is 8.61. The molecule has 0 fully saturated rings. The zero-order valence-electron chi connectivity index (χ0n) is 16.4. The van der Waals surface area contributed by atoms with E-state index in [2.05, 4.69) is 72.8 Å². The molecule has 0 radical (unpaired) electrons. The Balaban J connectivity index is 0.000000236. The molecule has 0 amide bonds. The van der Waals surface area contributed by atoms with Crippen LogP contribution in [0.4, 0.5) is 0 Å². The second-order valence-corrected chi connectivity index (χ2v) is 8.14. The van der Waals surface area contributed by atoms with Crippen LogP contribution in [0.1, 0.15) is 0 Å². The van der Waals surface area contributed by atoms with E-state index in [1.807, 2.05) is 36.4 Å². The molecule has 0 N–H and O–H groups in total. The Bertz CT molecular complexity index is 1350. The Morgan fingerprint density at radius 2 is 0.333 bits per heavy atom. The maximum absolute atomic E-state index is 2.27. The third-order valence-corrected chi connectivity index (χ3v) is 6.55. The molecule has 8 aromatic carbocycles. The van der Waals surface area contributed by atoms with E-state index in [0.29, 0.717) is 0 Å². The molecule has 0 nitrogen and oxygen atoms in total. The summed E-state index contributed by atoms with van der Waals surface area (Å²) in [6.45, 7) is 0. The molecule has 8 rings (SSSR count). The van der Waals surface area contributed by atoms with Gasteiger partial charge in [0.15, 0.2) is 0 Å². The first kappa shape index (κ1) is 16.0. The third kappa shape index (κ3) is 2.00. The first-order valence-corrected chi connectivity index (χ1v) is 10.5. The summed E-state index contributed by atoms with van der Waals surface area (Å²) in [5.41, 5.74) is 0. The lowest BCUT2D eigenvalue weighted by atomic mass is 9.83. The van der Waals surface area contributed by atoms with Gasteiger partial charge in [0.2, 0.25) is 0 Å². The summed E-state index contributed by atoms with van der Waals surface area (Å²) in [7, 11) is 0. The van der Waals surface area contributed by atoms with Crippen LogP contribution < -0.4 is 0 Å². The number of hydrogen-bond acceptors (Lipinski definition) is 0. The number of benzene rings is 8. The van der Waals surface area contributed by atoms with Gasteiger partial charge in [-0.05, 0) is 64.6 Å². The van der Waals surface area contributed by atoms with Crippen molar-refractivity contribution in [2.75, 3.05) is 0 Å². The van der Waals surface area contributed by atoms with Crippen LogP contribution >= 0.6 is 0 Å². The molecular weight excluding hydrogens is 360 g/mol. The van der Waals surface area contributed by atoms with E-state index in [1.165, 1.54) is 64.6 Å². The first-order valence-electron chi connectivity index (χ1n) is 10.5. The molecule has 0 aliphatic carbocycles. The van der Waals surface area contributed by atoms with E-state index in [4.69, 9.17) is 0 Å². The summed E-state index contributed by atoms with van der Waals surface area (Å²) in [6, 6.07) is 39.3. The maximum Gasteiger partial charge on any atom is -0.00139 e. The van der Waals surface area contributed by atoms with Gasteiger partial charge in [0, 0.05) is 0 Å². The van der Waals surface area contributed by atoms with Crippen molar-refractivity contribution in [1.82, 2.24) is 0 Å². The number of rotatable bonds is 0. The second-order valence-electron chi connectivity index (χ2n) is 8.14. The second kappa shape index (κ2) is 5.81. The summed E-state index contributed by atoms with van der Waals surface area (Å²) < 4.78 is 0. The molecule has 0 aromatic heterocycles. The highest BCUT2D eigenvalue weighted by Gasteiger charge is 2.19. The lowest BCUT2D eigenvalue weighted by Crippen LogP contribution is -1.91. The summed E-state index contributed by atoms with van der Waals surface area (Å²) in [5.74, 6) is 0. The van der Waals surface area contributed by atoms with E-state index < -0.39 is 0 Å². The Kier molecular flexibility index (Phi) is 3.09. The van der Waals surface area contributed by atoms with Crippen LogP contribution in [0.2, 0.25) is 0 Å². The largest absolute Gasteiger partial charge is 0.0623 e. The molecule has 0 unspecified atom stereocenters. The average molecular weight is 378 g/mol. The third-order valence-electron chi connectivity index (χ3n) is 6.55. The lowest BCUT2D eigenvalue weighted by molar-refractivity contribution is 1.72. The van der Waals surface area contributed by atoms with Crippen molar-refractivity contribution >= 4 is 64.6 Å². The predicted molar refractivity (Wildman–Crippen MR) is 131 cm³/mol. The molecular formula is C30H18. The molecule has 0 atom stereocenters. The van der Waals surface area contributed by atoms with E-state index in [-0.39, 0.29) is 0 Å². The van der Waals surface area contributed by atoms with Gasteiger partial charge >= 0.3 is 0 Å². The Morgan fingerprint density at radius 3 is 0.467 bits per heavy atom. The minimum Gasteiger partial charge on any atom is -0.0623 e. The van der Waals surface area contributed by atoms with Crippen molar-refractivity contribution in [2.24, 2.45) is 0 Å². The lowest BCUT2D eigenvalue weighted by Gasteiger charge is -2.20. The van der Waals surface area contributed by atoms with Crippen molar-refractivity contribution in [1.29, 1.82) is 0 Å². The highest BCUT2D eigenvalue weighted by molar-refractivity contribution is 6.44. The Labute approximate surface area is 174 Å². The average Bonchev–Trinajstić information content (AvgIpc) is 2.83. The van der Waals surface area contributed by atoms with Crippen molar-refractivity contribution in [3.63, 3.8) is 0 Å². The van der Waals surface area contributed by atoms with Gasteiger partial charge in [0.05, 0.1) is 0 Å². The molecule has 0 aliphatic heterocycles. The van der Waals surface area contributed by atoms with E-state index in [9.17, 15) is 0 Å². The van der Waals surface area contributed by atoms with Crippen LogP contribution in [-0.2, 0) is 0 Å². The summed E-state index contributed by atoms with van der Waals surface area (Å²) in [6.07, 6.45) is 0. The van der Waals surface area contributed by atoms with Crippen molar-refractivity contribution < 1.29 is 0 Å². The molecule has 0 saturated carbocycles. The molecule has 0 aliphatic rings. The van der Waals surface area contributed by atoms with Crippen LogP contribution in [-0.4, -0.2) is 0 Å². The van der Waals surface area contributed by atoms with Crippen molar-refractivity contribution in [3.8, 4) is 0 Å². The Morgan fingerprint density at radius 1 is 0.200 bits per heavy atom. The quantitative estimate of drug-likeness (QED) is 0.183. The zero-order valence-corrected chi connectivity index (χ0v) is 16.4. The molecule has 8 aromatic rings. The van der Waals surface area contributed by atoms with E-state index in [0.717, 1.165) is 0 Å². The van der Waals surface area contributed by atoms with Crippen LogP contribution in [0.25, 0.3) is 64.6 Å². The van der Waals surface area contributed by atoms with Gasteiger partial charge in [-0.1, -0.05) is 109 Å². The van der Waals surface area contributed by atoms with E-state index >= 15 is 0 Å². The molecule has 30 heavy (non-hydrogen) atoms. The smallest absolute Gasteiger partial charge is 0.00139 e. The standard InChI is InChI=1S/C24H12.C6H6/c1-2-14-5-6-16-9-11-18-12-10-17-8-7-15-4-3-13(1)19-20(14)22(16)24(18)23(17)21(15)19;1-2-4-6-5-3-1/h1-12H;1-6H. The van der Waals surface area contributed by atoms with Crippen LogP contribution in [0.3, 0.4) is 0 Å². The normalized spacial score (nSPS) is 12.0. The van der Waals surface area contributed by atoms with Crippen LogP contribution in [0.5, 0.6) is 0 Å². The van der Waals surface area contributed by atoms with Gasteiger partial charge in [0.25, 0.3) is 0 Å². The fourth-order valence-electron chi connectivity index (χ4n) is 5.28. The van der Waals surface area contributed by atoms with Crippen LogP contribution in [0.15, 0.2) is 109 Å². The molecule has 0 heteroatoms. The molecule has 0 heterocycles. The highest BCUT2D eigenvalue weighted by atomic mass is 14.2. The number of hydrogen-bond donors (Lipinski definition) is 0. The Hall–Kier alpha value is -3.90. The fourth-order valence-corrected chi connectivity index (χ4v) is 5.28. The van der Waals surface area contributed by atoms with Crippen molar-refractivity contribution in [2.45, 2.75) is 0 Å². The van der Waals surface area contributed by atoms with Gasteiger partial charge in [-0.15, -0.1) is 0 Å².